The van der Waals surface area contributed by atoms with Gasteiger partial charge in [0, 0.05) is 11.1 Å². The molecule has 0 saturated heterocycles. The van der Waals surface area contributed by atoms with Crippen molar-refractivity contribution in [1.82, 2.24) is 0 Å². The zero-order valence-corrected chi connectivity index (χ0v) is 40.8. The maximum Gasteiger partial charge on any atom is 0.111 e. The summed E-state index contributed by atoms with van der Waals surface area (Å²) in [5.41, 5.74) is 20.7. The van der Waals surface area contributed by atoms with Crippen LogP contribution in [0.5, 0.6) is 0 Å². The average molecular weight is 1010 g/mol. The zero-order valence-electron chi connectivity index (χ0n) is 35.5. The third-order valence-corrected chi connectivity index (χ3v) is 17.1. The molecule has 0 radical (unpaired) electrons. The Morgan fingerprint density at radius 1 is 0.308 bits per heavy atom. The van der Waals surface area contributed by atoms with Gasteiger partial charge < -0.3 is 11.5 Å². The fourth-order valence-electron chi connectivity index (χ4n) is 8.58. The molecule has 10 aromatic carbocycles. The Kier molecular flexibility index (Phi) is 16.5. The number of fused-ring (bicyclic) bond motifs is 2. The van der Waals surface area contributed by atoms with E-state index >= 15 is 0 Å². The summed E-state index contributed by atoms with van der Waals surface area (Å²) in [4.78, 5) is 0. The molecule has 0 fully saturated rings. The predicted octanol–water partition coefficient (Wildman–Crippen LogP) is 14.6. The Labute approximate surface area is 401 Å². The van der Waals surface area contributed by atoms with Crippen LogP contribution in [0.15, 0.2) is 255 Å². The van der Waals surface area contributed by atoms with Crippen LogP contribution in [-0.2, 0) is 15.1 Å². The molecule has 0 aliphatic heterocycles. The van der Waals surface area contributed by atoms with Crippen molar-refractivity contribution >= 4 is 88.6 Å². The van der Waals surface area contributed by atoms with Crippen LogP contribution in [0.1, 0.15) is 23.2 Å². The molecule has 7 heteroatoms. The molecule has 0 spiro atoms. The third kappa shape index (κ3) is 11.0. The topological polar surface area (TPSA) is 47.6 Å². The molecule has 320 valence electrons. The summed E-state index contributed by atoms with van der Waals surface area (Å²) in [6.07, 6.45) is 0. The summed E-state index contributed by atoms with van der Waals surface area (Å²) in [6, 6.07) is 90.3. The number of hydrogen-bond acceptors (Lipinski definition) is 0. The second-order valence-corrected chi connectivity index (χ2v) is 23.0. The van der Waals surface area contributed by atoms with Crippen LogP contribution in [0.3, 0.4) is 0 Å². The van der Waals surface area contributed by atoms with E-state index in [4.69, 9.17) is 30.8 Å². The Hall–Kier alpha value is -5.30. The van der Waals surface area contributed by atoms with E-state index in [1.54, 1.807) is 0 Å². The van der Waals surface area contributed by atoms with Crippen LogP contribution in [-0.4, -0.2) is 0 Å². The van der Waals surface area contributed by atoms with E-state index < -0.39 is 27.9 Å². The van der Waals surface area contributed by atoms with Crippen molar-refractivity contribution in [2.45, 2.75) is 12.1 Å². The van der Waals surface area contributed by atoms with Crippen LogP contribution in [0, 0.1) is 0 Å². The minimum Gasteiger partial charge on any atom is -0.672 e. The van der Waals surface area contributed by atoms with Crippen molar-refractivity contribution in [3.63, 3.8) is 0 Å². The van der Waals surface area contributed by atoms with Gasteiger partial charge in [-0.2, -0.15) is 0 Å². The van der Waals surface area contributed by atoms with E-state index in [1.807, 2.05) is 60.7 Å². The first-order chi connectivity index (χ1) is 32.1. The van der Waals surface area contributed by atoms with E-state index in [9.17, 15) is 0 Å². The molecule has 0 aliphatic carbocycles. The van der Waals surface area contributed by atoms with Crippen molar-refractivity contribution in [1.29, 1.82) is 0 Å². The Balaban J connectivity index is 0.000000253. The monoisotopic (exact) mass is 1010 g/mol. The molecule has 2 N–H and O–H groups in total. The van der Waals surface area contributed by atoms with E-state index in [1.165, 1.54) is 64.5 Å². The second kappa shape index (κ2) is 23.2. The molecular formula is C58H48Cl2N2P2Ru+2. The number of hydrogen-bond donors (Lipinski definition) is 0. The Morgan fingerprint density at radius 2 is 0.554 bits per heavy atom. The molecule has 0 bridgehead atoms. The summed E-state index contributed by atoms with van der Waals surface area (Å²) in [6.45, 7) is 0. The van der Waals surface area contributed by atoms with Crippen LogP contribution < -0.4 is 31.8 Å². The fraction of sp³-hybridized carbons (Fsp3) is 0.0345. The molecule has 2 nitrogen and oxygen atoms in total. The molecule has 0 aromatic heterocycles. The molecule has 0 aliphatic rings. The van der Waals surface area contributed by atoms with E-state index in [2.05, 4.69) is 194 Å². The van der Waals surface area contributed by atoms with E-state index in [-0.39, 0.29) is 15.1 Å². The quantitative estimate of drug-likeness (QED) is 0.0968. The first-order valence-corrected chi connectivity index (χ1v) is 28.9. The van der Waals surface area contributed by atoms with Crippen molar-refractivity contribution in [3.8, 4) is 11.1 Å². The summed E-state index contributed by atoms with van der Waals surface area (Å²) >= 11 is -0.346. The second-order valence-electron chi connectivity index (χ2n) is 15.5. The van der Waals surface area contributed by atoms with Crippen molar-refractivity contribution in [3.05, 3.63) is 277 Å². The van der Waals surface area contributed by atoms with Gasteiger partial charge in [-0.15, -0.1) is 12.1 Å². The van der Waals surface area contributed by atoms with Gasteiger partial charge >= 0.3 is 34.5 Å². The molecule has 1 unspecified atom stereocenters. The van der Waals surface area contributed by atoms with Crippen LogP contribution in [0.2, 0.25) is 0 Å². The molecule has 65 heavy (non-hydrogen) atoms. The summed E-state index contributed by atoms with van der Waals surface area (Å²) in [7, 11) is 6.97. The van der Waals surface area contributed by atoms with Crippen molar-refractivity contribution in [2.24, 2.45) is 0 Å². The molecule has 10 rings (SSSR count). The number of rotatable bonds is 10. The standard InChI is InChI=1S/C44H32P2.C14H14N2.2ClH.Ru/c1-5-19-35(20-6-1)45(36-21-7-2-8-22-36)41-31-29-33-17-13-15-27-39(33)43(41)44-40-28-16-14-18-34(40)30-32-42(44)46(37-23-9-3-10-24-37)38-25-11-4-12-26-38;15-13(11-7-3-1-4-8-11)14(16)12-9-5-2-6-10-12;;;/h1-32H;1-10,13-16H;2*1H;/q;-2;;;+4/t;13-,14?;;;/m.1.../s1. The van der Waals surface area contributed by atoms with Gasteiger partial charge in [0.15, 0.2) is 0 Å². The van der Waals surface area contributed by atoms with Crippen LogP contribution >= 0.6 is 35.2 Å². The summed E-state index contributed by atoms with van der Waals surface area (Å²) < 4.78 is 0. The van der Waals surface area contributed by atoms with E-state index in [0.717, 1.165) is 11.1 Å². The SMILES string of the molecule is [Cl][Ru+2][Cl].[NH-]C(c1ccccc1)[C@H]([NH-])c1ccccc1.c1ccc([PH+](c2ccccc2)c2ccc3ccccc3c2-c2c([PH+](c3ccccc3)c3ccccc3)ccc3ccccc23)cc1. The smallest absolute Gasteiger partial charge is 0.111 e. The van der Waals surface area contributed by atoms with Gasteiger partial charge in [0.1, 0.15) is 31.8 Å². The van der Waals surface area contributed by atoms with Crippen LogP contribution in [0.4, 0.5) is 0 Å². The van der Waals surface area contributed by atoms with E-state index in [0.29, 0.717) is 0 Å². The first-order valence-electron chi connectivity index (χ1n) is 21.4. The zero-order chi connectivity index (χ0) is 44.8. The predicted molar refractivity (Wildman–Crippen MR) is 286 cm³/mol. The van der Waals surface area contributed by atoms with Gasteiger partial charge in [-0.1, -0.05) is 205 Å². The summed E-state index contributed by atoms with van der Waals surface area (Å²) in [5, 5.41) is 13.6. The van der Waals surface area contributed by atoms with Crippen molar-refractivity contribution in [2.75, 3.05) is 0 Å². The number of benzene rings is 10. The third-order valence-electron chi connectivity index (χ3n) is 11.5. The molecule has 2 atom stereocenters. The van der Waals surface area contributed by atoms with Gasteiger partial charge in [0.2, 0.25) is 0 Å². The first kappa shape index (κ1) is 46.2. The molecule has 0 heterocycles. The summed E-state index contributed by atoms with van der Waals surface area (Å²) in [5.74, 6) is 0. The minimum atomic E-state index is -1.37. The molecular weight excluding hydrogens is 959 g/mol. The molecule has 0 saturated carbocycles. The Bertz CT molecular complexity index is 2740. The maximum absolute atomic E-state index is 8.07. The Morgan fingerprint density at radius 3 is 0.846 bits per heavy atom. The minimum absolute atomic E-state index is 0.346. The molecule has 10 aromatic rings. The van der Waals surface area contributed by atoms with Gasteiger partial charge in [-0.3, -0.25) is 0 Å². The van der Waals surface area contributed by atoms with Crippen LogP contribution in [0.25, 0.3) is 44.1 Å². The normalized spacial score (nSPS) is 11.9. The molecule has 0 amide bonds. The van der Waals surface area contributed by atoms with Gasteiger partial charge in [-0.25, -0.2) is 0 Å². The fourth-order valence-corrected chi connectivity index (χ4v) is 14.1. The number of nitrogens with one attached hydrogen (secondary N) is 2. The van der Waals surface area contributed by atoms with Crippen molar-refractivity contribution < 1.29 is 15.1 Å². The average Bonchev–Trinajstić information content (AvgIpc) is 3.38. The van der Waals surface area contributed by atoms with Gasteiger partial charge in [-0.05, 0) is 82.2 Å². The van der Waals surface area contributed by atoms with Gasteiger partial charge in [0.05, 0.1) is 15.8 Å². The maximum atomic E-state index is 8.07. The largest absolute Gasteiger partial charge is 0.672 e. The number of halogens is 2. The van der Waals surface area contributed by atoms with Gasteiger partial charge in [0.25, 0.3) is 0 Å².